The maximum absolute atomic E-state index is 5.37. The molecule has 3 atom stereocenters. The number of aromatic nitrogens is 2. The van der Waals surface area contributed by atoms with Crippen LogP contribution in [0.5, 0.6) is 5.88 Å². The highest BCUT2D eigenvalue weighted by molar-refractivity contribution is 5.91. The minimum Gasteiger partial charge on any atom is -0.481 e. The molecular weight excluding hydrogens is 432 g/mol. The highest BCUT2D eigenvalue weighted by Crippen LogP contribution is 2.39. The van der Waals surface area contributed by atoms with Gasteiger partial charge in [0.05, 0.1) is 7.11 Å². The molecule has 0 amide bonds. The van der Waals surface area contributed by atoms with E-state index in [1.165, 1.54) is 85.8 Å². The number of likely N-dealkylation sites (tertiary alicyclic amines) is 1. The molecule has 0 aliphatic carbocycles. The molecule has 186 valence electrons. The predicted molar refractivity (Wildman–Crippen MR) is 143 cm³/mol. The lowest BCUT2D eigenvalue weighted by Gasteiger charge is -2.50. The molecular formula is C30H40N4O. The quantitative estimate of drug-likeness (QED) is 0.495. The molecule has 2 bridgehead atoms. The molecule has 0 radical (unpaired) electrons. The summed E-state index contributed by atoms with van der Waals surface area (Å²) in [6.45, 7) is 4.77. The van der Waals surface area contributed by atoms with Crippen LogP contribution >= 0.6 is 0 Å². The van der Waals surface area contributed by atoms with Gasteiger partial charge in [0.1, 0.15) is 0 Å². The van der Waals surface area contributed by atoms with Crippen molar-refractivity contribution in [2.45, 2.75) is 82.3 Å². The molecule has 2 aromatic heterocycles. The summed E-state index contributed by atoms with van der Waals surface area (Å²) in [4.78, 5) is 13.5. The van der Waals surface area contributed by atoms with Crippen molar-refractivity contribution in [1.29, 1.82) is 0 Å². The zero-order valence-corrected chi connectivity index (χ0v) is 21.6. The number of nitrogens with zero attached hydrogens (tertiary/aromatic N) is 3. The van der Waals surface area contributed by atoms with Gasteiger partial charge in [-0.1, -0.05) is 19.4 Å². The molecule has 3 aliphatic heterocycles. The van der Waals surface area contributed by atoms with Gasteiger partial charge >= 0.3 is 0 Å². The van der Waals surface area contributed by atoms with Gasteiger partial charge in [0, 0.05) is 52.5 Å². The maximum atomic E-state index is 5.37. The fourth-order valence-electron chi connectivity index (χ4n) is 7.29. The van der Waals surface area contributed by atoms with Crippen LogP contribution in [-0.4, -0.2) is 65.1 Å². The maximum Gasteiger partial charge on any atom is 0.213 e. The zero-order chi connectivity index (χ0) is 23.9. The smallest absolute Gasteiger partial charge is 0.213 e. The Kier molecular flexibility index (Phi) is 6.32. The van der Waals surface area contributed by atoms with E-state index in [4.69, 9.17) is 4.74 Å². The van der Waals surface area contributed by atoms with Crippen molar-refractivity contribution in [2.75, 3.05) is 27.2 Å². The average Bonchev–Trinajstić information content (AvgIpc) is 3.26. The van der Waals surface area contributed by atoms with E-state index in [0.29, 0.717) is 11.8 Å². The summed E-state index contributed by atoms with van der Waals surface area (Å²) >= 11 is 0. The van der Waals surface area contributed by atoms with Gasteiger partial charge in [-0.3, -0.25) is 0 Å². The van der Waals surface area contributed by atoms with Crippen molar-refractivity contribution < 1.29 is 4.74 Å². The number of aromatic amines is 1. The first-order chi connectivity index (χ1) is 17.1. The number of pyridine rings is 1. The third-order valence-corrected chi connectivity index (χ3v) is 9.35. The molecule has 1 unspecified atom stereocenters. The van der Waals surface area contributed by atoms with E-state index < -0.39 is 0 Å². The molecule has 1 aromatic carbocycles. The Bertz CT molecular complexity index is 1160. The second kappa shape index (κ2) is 9.59. The van der Waals surface area contributed by atoms with Gasteiger partial charge in [-0.15, -0.1) is 0 Å². The number of benzene rings is 1. The topological polar surface area (TPSA) is 44.4 Å². The normalized spacial score (nSPS) is 26.3. The van der Waals surface area contributed by atoms with Crippen LogP contribution in [0.2, 0.25) is 0 Å². The van der Waals surface area contributed by atoms with Crippen LogP contribution in [0.1, 0.15) is 68.9 Å². The number of rotatable bonds is 5. The van der Waals surface area contributed by atoms with Gasteiger partial charge in [-0.25, -0.2) is 4.98 Å². The number of piperidine rings is 3. The van der Waals surface area contributed by atoms with Gasteiger partial charge in [-0.2, -0.15) is 0 Å². The second-order valence-corrected chi connectivity index (χ2v) is 11.1. The van der Waals surface area contributed by atoms with E-state index in [1.54, 1.807) is 7.11 Å². The van der Waals surface area contributed by atoms with E-state index >= 15 is 0 Å². The van der Waals surface area contributed by atoms with Crippen molar-refractivity contribution in [3.63, 3.8) is 0 Å². The molecule has 1 N–H and O–H groups in total. The zero-order valence-electron chi connectivity index (χ0n) is 21.6. The number of nitrogens with one attached hydrogen (secondary N) is 1. The molecule has 6 rings (SSSR count). The molecule has 0 spiro atoms. The predicted octanol–water partition coefficient (Wildman–Crippen LogP) is 6.00. The monoisotopic (exact) mass is 472 g/mol. The van der Waals surface area contributed by atoms with Crippen LogP contribution in [0.25, 0.3) is 22.2 Å². The minimum atomic E-state index is 0.656. The Morgan fingerprint density at radius 2 is 1.77 bits per heavy atom. The summed E-state index contributed by atoms with van der Waals surface area (Å²) in [5.74, 6) is 1.33. The number of hydrogen-bond acceptors (Lipinski definition) is 4. The molecule has 35 heavy (non-hydrogen) atoms. The summed E-state index contributed by atoms with van der Waals surface area (Å²) in [6.07, 6.45) is 12.4. The first kappa shape index (κ1) is 23.1. The molecule has 3 aliphatic rings. The van der Waals surface area contributed by atoms with Crippen LogP contribution in [0.3, 0.4) is 0 Å². The molecule has 3 aromatic rings. The molecule has 5 heterocycles. The molecule has 5 heteroatoms. The molecule has 3 fully saturated rings. The van der Waals surface area contributed by atoms with E-state index in [2.05, 4.69) is 58.0 Å². The van der Waals surface area contributed by atoms with Gasteiger partial charge in [0.2, 0.25) is 5.88 Å². The van der Waals surface area contributed by atoms with E-state index in [0.717, 1.165) is 30.1 Å². The number of ether oxygens (including phenoxy) is 1. The third kappa shape index (κ3) is 4.27. The van der Waals surface area contributed by atoms with Crippen molar-refractivity contribution in [3.8, 4) is 17.1 Å². The molecule has 3 saturated heterocycles. The fourth-order valence-corrected chi connectivity index (χ4v) is 7.29. The highest BCUT2D eigenvalue weighted by atomic mass is 16.5. The van der Waals surface area contributed by atoms with Crippen molar-refractivity contribution in [1.82, 2.24) is 19.8 Å². The number of hydrogen-bond donors (Lipinski definition) is 1. The lowest BCUT2D eigenvalue weighted by atomic mass is 9.80. The molecule has 5 nitrogen and oxygen atoms in total. The Morgan fingerprint density at radius 3 is 2.49 bits per heavy atom. The first-order valence-electron chi connectivity index (χ1n) is 13.8. The summed E-state index contributed by atoms with van der Waals surface area (Å²) in [6, 6.07) is 13.7. The van der Waals surface area contributed by atoms with Gasteiger partial charge in [0.15, 0.2) is 0 Å². The standard InChI is InChI=1S/C30H40N4O/c1-4-26-27-16-21(8-9-28(27)32-30(26)22-10-13-31-29(17-22)35-3)20-11-14-34(15-12-20)25-18-23-6-5-7-24(19-25)33(23)2/h8-10,13,16-17,20,23-25,32H,4-7,11-12,14-15,18-19H2,1-3H3/t23-,24+,25?. The number of H-pyrrole nitrogens is 1. The van der Waals surface area contributed by atoms with E-state index in [1.807, 2.05) is 12.3 Å². The molecule has 0 saturated carbocycles. The first-order valence-corrected chi connectivity index (χ1v) is 13.8. The lowest BCUT2D eigenvalue weighted by Crippen LogP contribution is -2.56. The highest BCUT2D eigenvalue weighted by Gasteiger charge is 2.39. The van der Waals surface area contributed by atoms with Gasteiger partial charge in [0.25, 0.3) is 0 Å². The van der Waals surface area contributed by atoms with E-state index in [9.17, 15) is 0 Å². The Balaban J connectivity index is 1.19. The largest absolute Gasteiger partial charge is 0.481 e. The average molecular weight is 473 g/mol. The Hall–Kier alpha value is -2.37. The van der Waals surface area contributed by atoms with Gasteiger partial charge < -0.3 is 19.5 Å². The minimum absolute atomic E-state index is 0.656. The Morgan fingerprint density at radius 1 is 1.00 bits per heavy atom. The van der Waals surface area contributed by atoms with Crippen LogP contribution in [0.4, 0.5) is 0 Å². The fraction of sp³-hybridized carbons (Fsp3) is 0.567. The van der Waals surface area contributed by atoms with Gasteiger partial charge in [-0.05, 0) is 100 Å². The summed E-state index contributed by atoms with van der Waals surface area (Å²) < 4.78 is 5.37. The summed E-state index contributed by atoms with van der Waals surface area (Å²) in [7, 11) is 4.04. The number of aryl methyl sites for hydroxylation is 1. The summed E-state index contributed by atoms with van der Waals surface area (Å²) in [5, 5.41) is 1.38. The number of methoxy groups -OCH3 is 1. The lowest BCUT2D eigenvalue weighted by molar-refractivity contribution is 0.00179. The van der Waals surface area contributed by atoms with Crippen molar-refractivity contribution >= 4 is 10.9 Å². The Labute approximate surface area is 209 Å². The third-order valence-electron chi connectivity index (χ3n) is 9.35. The van der Waals surface area contributed by atoms with Crippen LogP contribution in [0, 0.1) is 0 Å². The SMILES string of the molecule is CCc1c(-c2ccnc(OC)c2)[nH]c2ccc(C3CCN(C4C[C@H]5CCC[C@@H](C4)N5C)CC3)cc12. The number of fused-ring (bicyclic) bond motifs is 3. The van der Waals surface area contributed by atoms with Crippen molar-refractivity contribution in [2.24, 2.45) is 0 Å². The van der Waals surface area contributed by atoms with Crippen LogP contribution < -0.4 is 4.74 Å². The van der Waals surface area contributed by atoms with Crippen LogP contribution in [0.15, 0.2) is 36.5 Å². The summed E-state index contributed by atoms with van der Waals surface area (Å²) in [5.41, 5.74) is 6.48. The van der Waals surface area contributed by atoms with E-state index in [-0.39, 0.29) is 0 Å². The second-order valence-electron chi connectivity index (χ2n) is 11.1. The van der Waals surface area contributed by atoms with Crippen LogP contribution in [-0.2, 0) is 6.42 Å². The van der Waals surface area contributed by atoms with Crippen molar-refractivity contribution in [3.05, 3.63) is 47.7 Å².